The van der Waals surface area contributed by atoms with E-state index in [1.807, 2.05) is 0 Å². The quantitative estimate of drug-likeness (QED) is 0.714. The highest BCUT2D eigenvalue weighted by molar-refractivity contribution is 6.30. The van der Waals surface area contributed by atoms with E-state index in [-0.39, 0.29) is 23.1 Å². The molecule has 0 heterocycles. The van der Waals surface area contributed by atoms with Crippen molar-refractivity contribution in [2.24, 2.45) is 0 Å². The summed E-state index contributed by atoms with van der Waals surface area (Å²) in [6.07, 6.45) is 0. The molecule has 2 aromatic rings. The Kier molecular flexibility index (Phi) is 4.78. The first-order valence-electron chi connectivity index (χ1n) is 5.62. The molecule has 0 aliphatic rings. The maximum absolute atomic E-state index is 13.6. The van der Waals surface area contributed by atoms with Crippen LogP contribution in [0.4, 0.5) is 13.2 Å². The number of benzene rings is 2. The minimum atomic E-state index is -0.886. The Hall–Kier alpha value is -1.39. The predicted molar refractivity (Wildman–Crippen MR) is 71.7 cm³/mol. The van der Waals surface area contributed by atoms with Gasteiger partial charge in [-0.2, -0.15) is 0 Å². The third-order valence-corrected chi connectivity index (χ3v) is 3.22. The largest absolute Gasteiger partial charge is 0.483 e. The fourth-order valence-electron chi connectivity index (χ4n) is 1.64. The highest BCUT2D eigenvalue weighted by atomic mass is 35.5. The number of ether oxygens (including phenoxy) is 1. The van der Waals surface area contributed by atoms with Gasteiger partial charge in [0.05, 0.1) is 5.02 Å². The van der Waals surface area contributed by atoms with E-state index < -0.39 is 23.2 Å². The predicted octanol–water partition coefficient (Wildman–Crippen LogP) is 5.08. The molecule has 106 valence electrons. The third kappa shape index (κ3) is 3.19. The van der Waals surface area contributed by atoms with E-state index in [4.69, 9.17) is 27.9 Å². The van der Waals surface area contributed by atoms with Crippen LogP contribution >= 0.6 is 23.2 Å². The second-order valence-electron chi connectivity index (χ2n) is 4.02. The van der Waals surface area contributed by atoms with E-state index >= 15 is 0 Å². The number of alkyl halides is 1. The first kappa shape index (κ1) is 15.0. The topological polar surface area (TPSA) is 9.23 Å². The lowest BCUT2D eigenvalue weighted by atomic mass is 10.2. The average Bonchev–Trinajstić information content (AvgIpc) is 2.42. The van der Waals surface area contributed by atoms with Gasteiger partial charge in [0.2, 0.25) is 0 Å². The van der Waals surface area contributed by atoms with Crippen molar-refractivity contribution in [2.75, 3.05) is 0 Å². The molecule has 0 atom stereocenters. The van der Waals surface area contributed by atoms with E-state index in [9.17, 15) is 13.2 Å². The molecule has 0 aliphatic carbocycles. The fraction of sp³-hybridized carbons (Fsp3) is 0.143. The molecule has 0 spiro atoms. The minimum absolute atomic E-state index is 0.0168. The Morgan fingerprint density at radius 1 is 1.05 bits per heavy atom. The zero-order valence-electron chi connectivity index (χ0n) is 10.1. The molecule has 0 saturated heterocycles. The van der Waals surface area contributed by atoms with Gasteiger partial charge >= 0.3 is 0 Å². The van der Waals surface area contributed by atoms with Crippen molar-refractivity contribution >= 4 is 23.2 Å². The first-order chi connectivity index (χ1) is 9.52. The maximum Gasteiger partial charge on any atom is 0.191 e. The summed E-state index contributed by atoms with van der Waals surface area (Å²) in [5.41, 5.74) is 0.403. The van der Waals surface area contributed by atoms with Crippen LogP contribution in [0.25, 0.3) is 0 Å². The van der Waals surface area contributed by atoms with Crippen molar-refractivity contribution < 1.29 is 17.9 Å². The minimum Gasteiger partial charge on any atom is -0.483 e. The van der Waals surface area contributed by atoms with Crippen LogP contribution in [0, 0.1) is 17.5 Å². The summed E-state index contributed by atoms with van der Waals surface area (Å²) in [7, 11) is 0. The second-order valence-corrected chi connectivity index (χ2v) is 4.70. The molecule has 0 aliphatic heterocycles. The van der Waals surface area contributed by atoms with E-state index in [2.05, 4.69) is 0 Å². The SMILES string of the molecule is Fc1cc(CCl)cc(F)c1OCc1cccc(Cl)c1F. The zero-order valence-corrected chi connectivity index (χ0v) is 11.6. The Morgan fingerprint density at radius 3 is 2.30 bits per heavy atom. The molecule has 20 heavy (non-hydrogen) atoms. The summed E-state index contributed by atoms with van der Waals surface area (Å²) >= 11 is 11.1. The molecule has 0 radical (unpaired) electrons. The van der Waals surface area contributed by atoms with Gasteiger partial charge in [0.15, 0.2) is 17.4 Å². The van der Waals surface area contributed by atoms with Crippen LogP contribution in [0.3, 0.4) is 0 Å². The molecule has 6 heteroatoms. The number of hydrogen-bond acceptors (Lipinski definition) is 1. The molecule has 1 nitrogen and oxygen atoms in total. The lowest BCUT2D eigenvalue weighted by Crippen LogP contribution is -2.03. The number of halogens is 5. The highest BCUT2D eigenvalue weighted by Crippen LogP contribution is 2.26. The van der Waals surface area contributed by atoms with Gasteiger partial charge in [0, 0.05) is 11.4 Å². The molecule has 0 unspecified atom stereocenters. The summed E-state index contributed by atoms with van der Waals surface area (Å²) in [5, 5.41) is -0.0791. The molecule has 0 bridgehead atoms. The molecule has 0 saturated carbocycles. The first-order valence-corrected chi connectivity index (χ1v) is 6.53. The second kappa shape index (κ2) is 6.37. The van der Waals surface area contributed by atoms with Crippen molar-refractivity contribution in [3.05, 3.63) is 63.9 Å². The molecule has 0 aromatic heterocycles. The summed E-state index contributed by atoms with van der Waals surface area (Å²) < 4.78 is 45.9. The van der Waals surface area contributed by atoms with E-state index in [0.29, 0.717) is 5.56 Å². The Morgan fingerprint density at radius 2 is 1.70 bits per heavy atom. The van der Waals surface area contributed by atoms with Gasteiger partial charge < -0.3 is 4.74 Å². The molecular weight excluding hydrogens is 312 g/mol. The fourth-order valence-corrected chi connectivity index (χ4v) is 1.99. The lowest BCUT2D eigenvalue weighted by molar-refractivity contribution is 0.269. The molecule has 0 N–H and O–H groups in total. The summed E-state index contributed by atoms with van der Waals surface area (Å²) in [6.45, 7) is -0.333. The normalized spacial score (nSPS) is 10.7. The van der Waals surface area contributed by atoms with Gasteiger partial charge in [0.25, 0.3) is 0 Å². The van der Waals surface area contributed by atoms with Crippen molar-refractivity contribution in [1.82, 2.24) is 0 Å². The van der Waals surface area contributed by atoms with Crippen LogP contribution in [0.2, 0.25) is 5.02 Å². The van der Waals surface area contributed by atoms with E-state index in [0.717, 1.165) is 12.1 Å². The van der Waals surface area contributed by atoms with E-state index in [1.54, 1.807) is 0 Å². The van der Waals surface area contributed by atoms with Gasteiger partial charge in [-0.1, -0.05) is 23.7 Å². The van der Waals surface area contributed by atoms with Crippen LogP contribution in [0.5, 0.6) is 5.75 Å². The summed E-state index contributed by atoms with van der Waals surface area (Å²) in [4.78, 5) is 0. The molecule has 2 rings (SSSR count). The Bertz CT molecular complexity index is 609. The van der Waals surface area contributed by atoms with Gasteiger partial charge in [-0.3, -0.25) is 0 Å². The smallest absolute Gasteiger partial charge is 0.191 e. The average molecular weight is 321 g/mol. The third-order valence-electron chi connectivity index (χ3n) is 2.62. The van der Waals surface area contributed by atoms with Gasteiger partial charge in [0.1, 0.15) is 12.4 Å². The molecule has 2 aromatic carbocycles. The summed E-state index contributed by atoms with van der Waals surface area (Å²) in [6, 6.07) is 6.45. The monoisotopic (exact) mass is 320 g/mol. The maximum atomic E-state index is 13.6. The van der Waals surface area contributed by atoms with Crippen molar-refractivity contribution in [3.8, 4) is 5.75 Å². The van der Waals surface area contributed by atoms with E-state index in [1.165, 1.54) is 18.2 Å². The van der Waals surface area contributed by atoms with Crippen molar-refractivity contribution in [1.29, 1.82) is 0 Å². The molecule has 0 fully saturated rings. The van der Waals surface area contributed by atoms with Crippen molar-refractivity contribution in [3.63, 3.8) is 0 Å². The number of hydrogen-bond donors (Lipinski definition) is 0. The van der Waals surface area contributed by atoms with Crippen LogP contribution < -0.4 is 4.74 Å². The Balaban J connectivity index is 2.21. The van der Waals surface area contributed by atoms with Crippen LogP contribution in [0.1, 0.15) is 11.1 Å². The zero-order chi connectivity index (χ0) is 14.7. The Labute approximate surface area is 123 Å². The van der Waals surface area contributed by atoms with Crippen LogP contribution in [-0.4, -0.2) is 0 Å². The van der Waals surface area contributed by atoms with Gasteiger partial charge in [-0.05, 0) is 23.8 Å². The van der Waals surface area contributed by atoms with Crippen LogP contribution in [-0.2, 0) is 12.5 Å². The lowest BCUT2D eigenvalue weighted by Gasteiger charge is -2.10. The molecular formula is C14H9Cl2F3O. The van der Waals surface area contributed by atoms with Gasteiger partial charge in [-0.25, -0.2) is 13.2 Å². The molecule has 0 amide bonds. The van der Waals surface area contributed by atoms with Crippen LogP contribution in [0.15, 0.2) is 30.3 Å². The summed E-state index contributed by atoms with van der Waals surface area (Å²) in [5.74, 6) is -3.03. The van der Waals surface area contributed by atoms with Gasteiger partial charge in [-0.15, -0.1) is 11.6 Å². The highest BCUT2D eigenvalue weighted by Gasteiger charge is 2.14. The van der Waals surface area contributed by atoms with Crippen molar-refractivity contribution in [2.45, 2.75) is 12.5 Å². The standard InChI is InChI=1S/C14H9Cl2F3O/c15-6-8-4-11(17)14(12(18)5-8)20-7-9-2-1-3-10(16)13(9)19/h1-5H,6-7H2. The number of rotatable bonds is 4.